The number of rotatable bonds is 62. The summed E-state index contributed by atoms with van der Waals surface area (Å²) in [5.41, 5.74) is 0. The molecule has 0 fully saturated rings. The lowest BCUT2D eigenvalue weighted by molar-refractivity contribution is -0.167. The Bertz CT molecular complexity index is 1500. The van der Waals surface area contributed by atoms with Crippen LogP contribution in [-0.2, 0) is 28.6 Å². The van der Waals surface area contributed by atoms with Crippen molar-refractivity contribution in [2.24, 2.45) is 0 Å². The number of hydrogen-bond donors (Lipinski definition) is 0. The van der Waals surface area contributed by atoms with Crippen LogP contribution in [0.4, 0.5) is 0 Å². The van der Waals surface area contributed by atoms with Crippen LogP contribution in [0.1, 0.15) is 342 Å². The lowest BCUT2D eigenvalue weighted by atomic mass is 10.0. The molecule has 1 unspecified atom stereocenters. The molecule has 0 N–H and O–H groups in total. The van der Waals surface area contributed by atoms with Crippen LogP contribution < -0.4 is 0 Å². The number of carbonyl (C=O) groups is 3. The first-order valence-electron chi connectivity index (χ1n) is 34.1. The molecule has 0 aliphatic heterocycles. The predicted octanol–water partition coefficient (Wildman–Crippen LogP) is 23.4. The smallest absolute Gasteiger partial charge is 0.306 e. The van der Waals surface area contributed by atoms with E-state index in [4.69, 9.17) is 14.2 Å². The van der Waals surface area contributed by atoms with E-state index in [2.05, 4.69) is 106 Å². The fourth-order valence-electron chi connectivity index (χ4n) is 9.80. The highest BCUT2D eigenvalue weighted by molar-refractivity contribution is 5.71. The Labute approximate surface area is 490 Å². The van der Waals surface area contributed by atoms with Crippen LogP contribution >= 0.6 is 0 Å². The van der Waals surface area contributed by atoms with Crippen LogP contribution in [0.3, 0.4) is 0 Å². The minimum absolute atomic E-state index is 0.0730. The zero-order valence-corrected chi connectivity index (χ0v) is 52.4. The summed E-state index contributed by atoms with van der Waals surface area (Å²) in [6, 6.07) is 0. The molecule has 0 spiro atoms. The van der Waals surface area contributed by atoms with Gasteiger partial charge in [-0.25, -0.2) is 0 Å². The van der Waals surface area contributed by atoms with E-state index in [1.54, 1.807) is 0 Å². The van der Waals surface area contributed by atoms with Gasteiger partial charge < -0.3 is 14.2 Å². The zero-order valence-electron chi connectivity index (χ0n) is 52.4. The Hall–Kier alpha value is -3.41. The number of ether oxygens (including phenoxy) is 3. The summed E-state index contributed by atoms with van der Waals surface area (Å²) in [7, 11) is 0. The van der Waals surface area contributed by atoms with E-state index >= 15 is 0 Å². The molecule has 0 amide bonds. The molecule has 0 aromatic carbocycles. The number of allylic oxidation sites excluding steroid dienone is 14. The van der Waals surface area contributed by atoms with Crippen molar-refractivity contribution in [3.05, 3.63) is 85.1 Å². The topological polar surface area (TPSA) is 78.9 Å². The molecular weight excluding hydrogens is 973 g/mol. The van der Waals surface area contributed by atoms with E-state index in [0.29, 0.717) is 19.3 Å². The van der Waals surface area contributed by atoms with Crippen LogP contribution in [0.2, 0.25) is 0 Å². The second kappa shape index (κ2) is 67.1. The van der Waals surface area contributed by atoms with Crippen molar-refractivity contribution in [2.75, 3.05) is 13.2 Å². The predicted molar refractivity (Wildman–Crippen MR) is 344 cm³/mol. The molecule has 0 rings (SSSR count). The molecule has 0 saturated heterocycles. The molecule has 0 saturated carbocycles. The van der Waals surface area contributed by atoms with E-state index in [-0.39, 0.29) is 31.1 Å². The lowest BCUT2D eigenvalue weighted by Gasteiger charge is -2.18. The summed E-state index contributed by atoms with van der Waals surface area (Å²) in [4.78, 5) is 38.1. The van der Waals surface area contributed by atoms with Crippen LogP contribution in [-0.4, -0.2) is 37.2 Å². The van der Waals surface area contributed by atoms with Gasteiger partial charge in [0.25, 0.3) is 0 Å². The minimum atomic E-state index is -0.773. The van der Waals surface area contributed by atoms with Crippen molar-refractivity contribution in [1.82, 2.24) is 0 Å². The quantitative estimate of drug-likeness (QED) is 0.0261. The van der Waals surface area contributed by atoms with Crippen molar-refractivity contribution in [2.45, 2.75) is 348 Å². The van der Waals surface area contributed by atoms with E-state index in [0.717, 1.165) is 96.3 Å². The summed E-state index contributed by atoms with van der Waals surface area (Å²) in [5.74, 6) is -0.868. The second-order valence-electron chi connectivity index (χ2n) is 22.7. The van der Waals surface area contributed by atoms with Gasteiger partial charge in [0.1, 0.15) is 13.2 Å². The normalized spacial score (nSPS) is 12.6. The van der Waals surface area contributed by atoms with Crippen molar-refractivity contribution in [1.29, 1.82) is 0 Å². The zero-order chi connectivity index (χ0) is 57.1. The Morgan fingerprint density at radius 2 is 0.494 bits per heavy atom. The third-order valence-corrected chi connectivity index (χ3v) is 14.9. The maximum Gasteiger partial charge on any atom is 0.306 e. The molecule has 0 radical (unpaired) electrons. The molecule has 0 aliphatic carbocycles. The fraction of sp³-hybridized carbons (Fsp3) is 0.767. The molecular formula is C73H128O6. The average molecular weight is 1100 g/mol. The number of carbonyl (C=O) groups excluding carboxylic acids is 3. The van der Waals surface area contributed by atoms with E-state index in [1.807, 2.05) is 0 Å². The van der Waals surface area contributed by atoms with Gasteiger partial charge in [0.15, 0.2) is 6.10 Å². The Morgan fingerprint density at radius 3 is 0.797 bits per heavy atom. The van der Waals surface area contributed by atoms with Crippen molar-refractivity contribution in [3.63, 3.8) is 0 Å². The molecule has 1 atom stereocenters. The standard InChI is InChI=1S/C73H128O6/c1-4-7-10-13-16-18-20-22-24-26-28-29-30-31-32-33-34-35-36-37-38-39-40-41-42-43-45-46-48-50-52-54-57-60-63-66-72(75)78-69-70(68-77-71(74)65-62-59-56-15-12-9-6-3)79-73(76)67-64-61-58-55-53-51-49-47-44-27-25-23-21-19-17-14-11-8-5-2/h7,10,16-19,22-25,28-29,31-32,70H,4-6,8-9,11-15,20-21,26-27,30,33-69H2,1-3H3/b10-7-,18-16-,19-17-,24-22-,25-23-,29-28-,32-31-. The van der Waals surface area contributed by atoms with E-state index in [9.17, 15) is 14.4 Å². The van der Waals surface area contributed by atoms with Crippen LogP contribution in [0.5, 0.6) is 0 Å². The Morgan fingerprint density at radius 1 is 0.266 bits per heavy atom. The highest BCUT2D eigenvalue weighted by Crippen LogP contribution is 2.17. The maximum absolute atomic E-state index is 12.9. The molecule has 79 heavy (non-hydrogen) atoms. The number of esters is 3. The first-order chi connectivity index (χ1) is 39.0. The van der Waals surface area contributed by atoms with Crippen molar-refractivity contribution < 1.29 is 28.6 Å². The van der Waals surface area contributed by atoms with Gasteiger partial charge >= 0.3 is 17.9 Å². The molecule has 456 valence electrons. The third kappa shape index (κ3) is 65.3. The monoisotopic (exact) mass is 1100 g/mol. The summed E-state index contributed by atoms with van der Waals surface area (Å²) in [5, 5.41) is 0. The summed E-state index contributed by atoms with van der Waals surface area (Å²) in [6.45, 7) is 6.49. The third-order valence-electron chi connectivity index (χ3n) is 14.9. The van der Waals surface area contributed by atoms with E-state index in [1.165, 1.54) is 205 Å². The van der Waals surface area contributed by atoms with Crippen LogP contribution in [0, 0.1) is 0 Å². The molecule has 0 bridgehead atoms. The molecule has 0 aliphatic rings. The lowest BCUT2D eigenvalue weighted by Crippen LogP contribution is -2.30. The van der Waals surface area contributed by atoms with Gasteiger partial charge in [-0.3, -0.25) is 14.4 Å². The van der Waals surface area contributed by atoms with Gasteiger partial charge in [-0.1, -0.05) is 311 Å². The number of unbranched alkanes of at least 4 members (excludes halogenated alkanes) is 37. The first-order valence-corrected chi connectivity index (χ1v) is 34.1. The van der Waals surface area contributed by atoms with Gasteiger partial charge in [0.2, 0.25) is 0 Å². The fourth-order valence-corrected chi connectivity index (χ4v) is 9.80. The summed E-state index contributed by atoms with van der Waals surface area (Å²) >= 11 is 0. The van der Waals surface area contributed by atoms with Crippen LogP contribution in [0.25, 0.3) is 0 Å². The minimum Gasteiger partial charge on any atom is -0.462 e. The first kappa shape index (κ1) is 75.6. The second-order valence-corrected chi connectivity index (χ2v) is 22.7. The SMILES string of the molecule is CC/C=C\C/C=C\C/C=C\C/C=C\C/C=C\CCCCCCCCCCCCCCCCCCCCCC(=O)OCC(COC(=O)CCCCCCCCC)OC(=O)CCCCCCCCCCC/C=C\C/C=C\CCCCC. The highest BCUT2D eigenvalue weighted by atomic mass is 16.6. The van der Waals surface area contributed by atoms with Gasteiger partial charge in [0, 0.05) is 19.3 Å². The number of hydrogen-bond acceptors (Lipinski definition) is 6. The average Bonchev–Trinajstić information content (AvgIpc) is 3.45. The van der Waals surface area contributed by atoms with Gasteiger partial charge in [-0.15, -0.1) is 0 Å². The largest absolute Gasteiger partial charge is 0.462 e. The summed E-state index contributed by atoms with van der Waals surface area (Å²) in [6.07, 6.45) is 89.2. The maximum atomic E-state index is 12.9. The van der Waals surface area contributed by atoms with Gasteiger partial charge in [-0.05, 0) is 96.3 Å². The molecule has 6 heteroatoms. The van der Waals surface area contributed by atoms with Crippen molar-refractivity contribution in [3.8, 4) is 0 Å². The molecule has 0 aromatic heterocycles. The Kier molecular flexibility index (Phi) is 64.2. The molecule has 6 nitrogen and oxygen atoms in total. The highest BCUT2D eigenvalue weighted by Gasteiger charge is 2.19. The van der Waals surface area contributed by atoms with Crippen molar-refractivity contribution >= 4 is 17.9 Å². The Balaban J connectivity index is 3.99. The van der Waals surface area contributed by atoms with Gasteiger partial charge in [-0.2, -0.15) is 0 Å². The van der Waals surface area contributed by atoms with Crippen LogP contribution in [0.15, 0.2) is 85.1 Å². The van der Waals surface area contributed by atoms with E-state index < -0.39 is 6.10 Å². The molecule has 0 aromatic rings. The summed E-state index contributed by atoms with van der Waals surface area (Å²) < 4.78 is 16.9. The molecule has 0 heterocycles. The van der Waals surface area contributed by atoms with Gasteiger partial charge in [0.05, 0.1) is 0 Å².